The summed E-state index contributed by atoms with van der Waals surface area (Å²) < 4.78 is 155. The molecule has 0 heterocycles. The van der Waals surface area contributed by atoms with Crippen LogP contribution in [0.5, 0.6) is 0 Å². The summed E-state index contributed by atoms with van der Waals surface area (Å²) in [6.45, 7) is 0. The van der Waals surface area contributed by atoms with Gasteiger partial charge in [0, 0.05) is 100 Å². The van der Waals surface area contributed by atoms with Gasteiger partial charge in [-0.05, 0) is 305 Å². The van der Waals surface area contributed by atoms with Gasteiger partial charge in [-0.1, -0.05) is 200 Å². The van der Waals surface area contributed by atoms with Crippen molar-refractivity contribution in [3.8, 4) is 44.5 Å². The maximum Gasteiger partial charge on any atom is 0.193 e. The van der Waals surface area contributed by atoms with Crippen LogP contribution in [-0.4, -0.2) is 52.0 Å². The first-order valence-electron chi connectivity index (χ1n) is 44.2. The van der Waals surface area contributed by atoms with Crippen molar-refractivity contribution in [2.24, 2.45) is 0 Å². The Kier molecular flexibility index (Phi) is 33.8. The van der Waals surface area contributed by atoms with E-state index in [1.165, 1.54) is 261 Å². The molecule has 0 fully saturated rings. The zero-order chi connectivity index (χ0) is 102. The van der Waals surface area contributed by atoms with Gasteiger partial charge < -0.3 is 0 Å². The van der Waals surface area contributed by atoms with Crippen molar-refractivity contribution in [3.63, 3.8) is 0 Å². The van der Waals surface area contributed by atoms with E-state index < -0.39 is 34.9 Å². The van der Waals surface area contributed by atoms with E-state index in [1.54, 1.807) is 140 Å². The number of carbonyl (C=O) groups is 9. The Labute approximate surface area is 818 Å². The van der Waals surface area contributed by atoms with E-state index >= 15 is 0 Å². The lowest BCUT2D eigenvalue weighted by molar-refractivity contribution is 0.102. The fourth-order valence-corrected chi connectivity index (χ4v) is 14.5. The lowest BCUT2D eigenvalue weighted by Crippen LogP contribution is -2.06. The second-order valence-electron chi connectivity index (χ2n) is 32.1. The van der Waals surface area contributed by atoms with Crippen LogP contribution in [-0.2, 0) is 0 Å². The highest BCUT2D eigenvalue weighted by Crippen LogP contribution is 2.30. The number of hydrogen-bond acceptors (Lipinski definition) is 9. The zero-order valence-electron chi connectivity index (χ0n) is 75.6. The third-order valence-corrected chi connectivity index (χ3v) is 22.4. The molecule has 0 aliphatic heterocycles. The third kappa shape index (κ3) is 27.5. The first-order valence-corrected chi connectivity index (χ1v) is 44.2. The minimum atomic E-state index is -0.424. The van der Waals surface area contributed by atoms with Crippen LogP contribution in [0.4, 0.5) is 52.7 Å². The Bertz CT molecular complexity index is 7350. The quantitative estimate of drug-likeness (QED) is 0.0476. The van der Waals surface area contributed by atoms with Gasteiger partial charge >= 0.3 is 0 Å². The van der Waals surface area contributed by atoms with E-state index in [9.17, 15) is 95.8 Å². The minimum Gasteiger partial charge on any atom is -0.289 e. The van der Waals surface area contributed by atoms with Crippen LogP contribution in [0.2, 0.25) is 0 Å². The summed E-state index contributed by atoms with van der Waals surface area (Å²) in [4.78, 5) is 111. The van der Waals surface area contributed by atoms with E-state index in [0.717, 1.165) is 44.5 Å². The van der Waals surface area contributed by atoms with Crippen LogP contribution in [0.15, 0.2) is 461 Å². The van der Waals surface area contributed by atoms with Crippen molar-refractivity contribution >= 4 is 52.0 Å². The Morgan fingerprint density at radius 3 is 0.285 bits per heavy atom. The molecule has 0 saturated heterocycles. The predicted octanol–water partition coefficient (Wildman–Crippen LogP) is 29.5. The van der Waals surface area contributed by atoms with Crippen LogP contribution in [0, 0.1) is 69.8 Å². The lowest BCUT2D eigenvalue weighted by atomic mass is 9.97. The monoisotopic (exact) mass is 1920 g/mol. The molecule has 0 radical (unpaired) electrons. The highest BCUT2D eigenvalue weighted by molar-refractivity contribution is 6.15. The largest absolute Gasteiger partial charge is 0.289 e. The summed E-state index contributed by atoms with van der Waals surface area (Å²) in [6, 6.07) is 115. The molecule has 0 atom stereocenters. The van der Waals surface area contributed by atoms with Gasteiger partial charge in [-0.15, -0.1) is 0 Å². The molecule has 0 N–H and O–H groups in total. The average Bonchev–Trinajstić information content (AvgIpc) is 0.836. The number of halogens is 12. The van der Waals surface area contributed by atoms with E-state index in [1.807, 2.05) is 60.7 Å². The van der Waals surface area contributed by atoms with E-state index in [4.69, 9.17) is 0 Å². The van der Waals surface area contributed by atoms with Crippen LogP contribution < -0.4 is 0 Å². The molecule has 21 heteroatoms. The molecule has 19 aromatic carbocycles. The number of rotatable bonds is 22. The van der Waals surface area contributed by atoms with E-state index in [0.29, 0.717) is 100 Å². The van der Waals surface area contributed by atoms with Gasteiger partial charge in [-0.25, -0.2) is 52.7 Å². The predicted molar refractivity (Wildman–Crippen MR) is 529 cm³/mol. The van der Waals surface area contributed by atoms with Crippen molar-refractivity contribution in [2.75, 3.05) is 0 Å². The third-order valence-electron chi connectivity index (χ3n) is 22.4. The van der Waals surface area contributed by atoms with Gasteiger partial charge in [-0.3, -0.25) is 43.2 Å². The van der Waals surface area contributed by atoms with Crippen molar-refractivity contribution in [1.82, 2.24) is 0 Å². The van der Waals surface area contributed by atoms with Crippen LogP contribution in [0.3, 0.4) is 0 Å². The van der Waals surface area contributed by atoms with Crippen molar-refractivity contribution in [3.05, 3.63) is 631 Å². The molecule has 0 aliphatic carbocycles. The molecule has 0 amide bonds. The molecule has 144 heavy (non-hydrogen) atoms. The smallest absolute Gasteiger partial charge is 0.193 e. The maximum atomic E-state index is 13.1. The molecule has 0 saturated carbocycles. The summed E-state index contributed by atoms with van der Waals surface area (Å²) in [5, 5.41) is 0. The second-order valence-corrected chi connectivity index (χ2v) is 32.1. The number of benzene rings is 19. The average molecular weight is 1930 g/mol. The van der Waals surface area contributed by atoms with Gasteiger partial charge in [0.15, 0.2) is 52.0 Å². The highest BCUT2D eigenvalue weighted by Gasteiger charge is 2.21. The lowest BCUT2D eigenvalue weighted by Gasteiger charge is -2.06. The van der Waals surface area contributed by atoms with Crippen molar-refractivity contribution in [2.45, 2.75) is 0 Å². The normalized spacial score (nSPS) is 10.5. The molecule has 0 aliphatic rings. The Balaban J connectivity index is 0.000000138. The van der Waals surface area contributed by atoms with Gasteiger partial charge in [-0.2, -0.15) is 0 Å². The molecular weight excluding hydrogens is 1850 g/mol. The Morgan fingerprint density at radius 2 is 0.174 bits per heavy atom. The summed E-state index contributed by atoms with van der Waals surface area (Å²) >= 11 is 0. The first kappa shape index (κ1) is 101. The standard InChI is InChI=1S/C26H16F2O2.C25H16F2O.2C20H12F2O2.C19H12F2O.C13H8F2O/c27-23-13-9-21(10-14-23)25(29)19-5-1-17(2-6-19)18-3-7-20(8-4-18)26(30)22-11-15-24(28)16-12-22;26-23-13-9-19(10-14-23)17-1-5-21(6-2-17)25(28)22-7-3-18(4-8-22)20-11-15-24(27)16-12-20;21-17-9-5-15(6-10-17)19(23)13-1-2-14(4-3-13)20(24)16-7-11-18(22)12-8-16;21-17-8-4-13(5-9-17)19(23)15-2-1-3-16(12-15)20(24)14-6-10-18(22)11-7-14;20-17-9-5-14(6-10-17)13-1-3-15(4-2-13)19(22)16-7-11-18(21)12-8-16;14-11-5-1-9(2-6-11)13(16)10-3-7-12(15)8-4-10/h1-16H;1-16H;2*1-12H;1-12H;1-8H. The molecule has 0 aromatic heterocycles. The fourth-order valence-electron chi connectivity index (χ4n) is 14.5. The SMILES string of the molecule is O=C(c1ccc(-c2ccc(F)cc2)cc1)c1ccc(-c2ccc(F)cc2)cc1.O=C(c1ccc(F)cc1)c1ccc(-c2ccc(C(=O)c3ccc(F)cc3)cc2)cc1.O=C(c1ccc(F)cc1)c1ccc(-c2ccc(F)cc2)cc1.O=C(c1ccc(F)cc1)c1ccc(C(=O)c2ccc(F)cc2)cc1.O=C(c1ccc(F)cc1)c1ccc(F)cc1.O=C(c1ccc(F)cc1)c1cccc(C(=O)c2ccc(F)cc2)c1. The topological polar surface area (TPSA) is 154 Å². The fraction of sp³-hybridized carbons (Fsp3) is 0. The Hall–Kier alpha value is -18.6. The highest BCUT2D eigenvalue weighted by atomic mass is 19.2. The molecule has 0 bridgehead atoms. The molecule has 0 spiro atoms. The molecule has 9 nitrogen and oxygen atoms in total. The summed E-state index contributed by atoms with van der Waals surface area (Å²) in [7, 11) is 0. The van der Waals surface area contributed by atoms with E-state index in [-0.39, 0.29) is 87.0 Å². The molecular formula is C123H76F12O9. The maximum absolute atomic E-state index is 13.1. The van der Waals surface area contributed by atoms with Crippen LogP contribution in [0.25, 0.3) is 44.5 Å². The van der Waals surface area contributed by atoms with Crippen LogP contribution >= 0.6 is 0 Å². The zero-order valence-corrected chi connectivity index (χ0v) is 75.6. The molecule has 706 valence electrons. The van der Waals surface area contributed by atoms with Gasteiger partial charge in [0.05, 0.1) is 0 Å². The number of carbonyl (C=O) groups excluding carboxylic acids is 9. The minimum absolute atomic E-state index is 0.0729. The van der Waals surface area contributed by atoms with E-state index in [2.05, 4.69) is 0 Å². The van der Waals surface area contributed by atoms with Crippen molar-refractivity contribution < 1.29 is 95.8 Å². The van der Waals surface area contributed by atoms with Crippen LogP contribution in [0.1, 0.15) is 143 Å². The number of hydrogen-bond donors (Lipinski definition) is 0. The van der Waals surface area contributed by atoms with Gasteiger partial charge in [0.25, 0.3) is 0 Å². The summed E-state index contributed by atoms with van der Waals surface area (Å²) in [6.07, 6.45) is 0. The molecule has 19 rings (SSSR count). The number of ketones is 9. The molecule has 0 unspecified atom stereocenters. The second kappa shape index (κ2) is 48.1. The Morgan fingerprint density at radius 1 is 0.0972 bits per heavy atom. The molecule has 19 aromatic rings. The summed E-state index contributed by atoms with van der Waals surface area (Å²) in [5.74, 6) is -6.39. The van der Waals surface area contributed by atoms with Crippen molar-refractivity contribution in [1.29, 1.82) is 0 Å². The van der Waals surface area contributed by atoms with Gasteiger partial charge in [0.1, 0.15) is 69.8 Å². The summed E-state index contributed by atoms with van der Waals surface area (Å²) in [5.41, 5.74) is 14.8. The van der Waals surface area contributed by atoms with Gasteiger partial charge in [0.2, 0.25) is 0 Å². The first-order chi connectivity index (χ1) is 69.5.